The van der Waals surface area contributed by atoms with E-state index >= 15 is 0 Å². The van der Waals surface area contributed by atoms with E-state index in [4.69, 9.17) is 0 Å². The Kier molecular flexibility index (Phi) is 5.33. The Bertz CT molecular complexity index is 763. The second kappa shape index (κ2) is 7.06. The number of sulfonamides is 1. The Morgan fingerprint density at radius 3 is 2.48 bits per heavy atom. The van der Waals surface area contributed by atoms with Crippen LogP contribution in [0.1, 0.15) is 37.2 Å². The third kappa shape index (κ3) is 5.30. The van der Waals surface area contributed by atoms with Crippen molar-refractivity contribution in [3.05, 3.63) is 59.7 Å². The standard InChI is InChI=1S/C16H20FN3O2S/c1-11(19-12(2)16-8-7-14(17)10-18-16)13-5-4-6-15(9-13)20-23(3,21)22/h4-12,19-20H,1-3H3/t11-,12+/m1/s1. The van der Waals surface area contributed by atoms with Gasteiger partial charge in [-0.3, -0.25) is 9.71 Å². The molecule has 0 saturated carbocycles. The van der Waals surface area contributed by atoms with Crippen molar-refractivity contribution in [2.75, 3.05) is 11.0 Å². The van der Waals surface area contributed by atoms with Gasteiger partial charge in [0.25, 0.3) is 0 Å². The summed E-state index contributed by atoms with van der Waals surface area (Å²) < 4.78 is 38.0. The van der Waals surface area contributed by atoms with Crippen LogP contribution in [0.2, 0.25) is 0 Å². The van der Waals surface area contributed by atoms with Gasteiger partial charge in [0.05, 0.1) is 18.1 Å². The van der Waals surface area contributed by atoms with Crippen LogP contribution in [0, 0.1) is 5.82 Å². The zero-order chi connectivity index (χ0) is 17.0. The number of hydrogen-bond acceptors (Lipinski definition) is 4. The van der Waals surface area contributed by atoms with E-state index < -0.39 is 10.0 Å². The monoisotopic (exact) mass is 337 g/mol. The highest BCUT2D eigenvalue weighted by Gasteiger charge is 2.13. The van der Waals surface area contributed by atoms with E-state index in [2.05, 4.69) is 15.0 Å². The van der Waals surface area contributed by atoms with E-state index in [-0.39, 0.29) is 17.9 Å². The molecular formula is C16H20FN3O2S. The molecule has 0 spiro atoms. The molecule has 124 valence electrons. The van der Waals surface area contributed by atoms with Gasteiger partial charge in [-0.15, -0.1) is 0 Å². The van der Waals surface area contributed by atoms with E-state index in [0.29, 0.717) is 5.69 Å². The van der Waals surface area contributed by atoms with E-state index in [9.17, 15) is 12.8 Å². The fourth-order valence-corrected chi connectivity index (χ4v) is 2.84. The molecule has 1 aromatic carbocycles. The summed E-state index contributed by atoms with van der Waals surface area (Å²) in [5.41, 5.74) is 2.20. The Labute approximate surface area is 136 Å². The molecule has 0 unspecified atom stereocenters. The number of hydrogen-bond donors (Lipinski definition) is 2. The lowest BCUT2D eigenvalue weighted by Crippen LogP contribution is -2.23. The predicted molar refractivity (Wildman–Crippen MR) is 89.1 cm³/mol. The number of benzene rings is 1. The molecule has 2 N–H and O–H groups in total. The van der Waals surface area contributed by atoms with Crippen LogP contribution >= 0.6 is 0 Å². The molecule has 0 bridgehead atoms. The van der Waals surface area contributed by atoms with Gasteiger partial charge in [0.2, 0.25) is 10.0 Å². The van der Waals surface area contributed by atoms with Crippen molar-refractivity contribution in [3.8, 4) is 0 Å². The molecule has 0 fully saturated rings. The van der Waals surface area contributed by atoms with Gasteiger partial charge in [0, 0.05) is 17.8 Å². The average Bonchev–Trinajstić information content (AvgIpc) is 2.46. The second-order valence-corrected chi connectivity index (χ2v) is 7.26. The topological polar surface area (TPSA) is 71.1 Å². The van der Waals surface area contributed by atoms with E-state index in [1.165, 1.54) is 12.3 Å². The largest absolute Gasteiger partial charge is 0.302 e. The molecule has 0 aliphatic carbocycles. The highest BCUT2D eigenvalue weighted by molar-refractivity contribution is 7.92. The van der Waals surface area contributed by atoms with Gasteiger partial charge >= 0.3 is 0 Å². The van der Waals surface area contributed by atoms with Gasteiger partial charge in [0.1, 0.15) is 5.82 Å². The minimum atomic E-state index is -3.31. The van der Waals surface area contributed by atoms with Crippen LogP contribution in [0.15, 0.2) is 42.6 Å². The molecule has 2 atom stereocenters. The third-order valence-corrected chi connectivity index (χ3v) is 3.99. The summed E-state index contributed by atoms with van der Waals surface area (Å²) in [6.45, 7) is 3.91. The van der Waals surface area contributed by atoms with E-state index in [1.54, 1.807) is 24.3 Å². The zero-order valence-corrected chi connectivity index (χ0v) is 14.1. The molecule has 0 radical (unpaired) electrons. The zero-order valence-electron chi connectivity index (χ0n) is 13.2. The van der Waals surface area contributed by atoms with E-state index in [1.807, 2.05) is 19.9 Å². The van der Waals surface area contributed by atoms with Crippen LogP contribution in [-0.4, -0.2) is 19.7 Å². The molecule has 2 rings (SSSR count). The van der Waals surface area contributed by atoms with Crippen molar-refractivity contribution in [3.63, 3.8) is 0 Å². The molecule has 23 heavy (non-hydrogen) atoms. The van der Waals surface area contributed by atoms with Crippen molar-refractivity contribution in [1.29, 1.82) is 0 Å². The average molecular weight is 337 g/mol. The van der Waals surface area contributed by atoms with Gasteiger partial charge in [-0.25, -0.2) is 12.8 Å². The Hall–Kier alpha value is -1.99. The van der Waals surface area contributed by atoms with Crippen LogP contribution in [0.4, 0.5) is 10.1 Å². The normalized spacial score (nSPS) is 14.3. The summed E-state index contributed by atoms with van der Waals surface area (Å²) in [6.07, 6.45) is 2.30. The fourth-order valence-electron chi connectivity index (χ4n) is 2.29. The first-order valence-corrected chi connectivity index (χ1v) is 9.09. The number of aromatic nitrogens is 1. The number of nitrogens with zero attached hydrogens (tertiary/aromatic N) is 1. The lowest BCUT2D eigenvalue weighted by atomic mass is 10.1. The van der Waals surface area contributed by atoms with Crippen molar-refractivity contribution in [2.45, 2.75) is 25.9 Å². The van der Waals surface area contributed by atoms with Gasteiger partial charge in [-0.2, -0.15) is 0 Å². The predicted octanol–water partition coefficient (Wildman–Crippen LogP) is 3.00. The molecular weight excluding hydrogens is 317 g/mol. The molecule has 7 heteroatoms. The number of pyridine rings is 1. The number of rotatable bonds is 6. The van der Waals surface area contributed by atoms with Gasteiger partial charge in [0.15, 0.2) is 0 Å². The van der Waals surface area contributed by atoms with Crippen LogP contribution in [0.5, 0.6) is 0 Å². The number of halogens is 1. The molecule has 2 aromatic rings. The second-order valence-electron chi connectivity index (χ2n) is 5.51. The summed E-state index contributed by atoms with van der Waals surface area (Å²) in [7, 11) is -3.31. The maximum Gasteiger partial charge on any atom is 0.229 e. The minimum absolute atomic E-state index is 0.0295. The van der Waals surface area contributed by atoms with Crippen molar-refractivity contribution < 1.29 is 12.8 Å². The summed E-state index contributed by atoms with van der Waals surface area (Å²) >= 11 is 0. The van der Waals surface area contributed by atoms with Crippen LogP contribution in [0.25, 0.3) is 0 Å². The summed E-state index contributed by atoms with van der Waals surface area (Å²) in [4.78, 5) is 4.06. The van der Waals surface area contributed by atoms with Crippen molar-refractivity contribution in [1.82, 2.24) is 10.3 Å². The third-order valence-electron chi connectivity index (χ3n) is 3.38. The Morgan fingerprint density at radius 1 is 1.13 bits per heavy atom. The maximum absolute atomic E-state index is 12.9. The van der Waals surface area contributed by atoms with Crippen molar-refractivity contribution >= 4 is 15.7 Å². The highest BCUT2D eigenvalue weighted by atomic mass is 32.2. The first-order chi connectivity index (χ1) is 10.7. The first kappa shape index (κ1) is 17.4. The highest BCUT2D eigenvalue weighted by Crippen LogP contribution is 2.21. The first-order valence-electron chi connectivity index (χ1n) is 7.20. The summed E-state index contributed by atoms with van der Waals surface area (Å²) in [6, 6.07) is 10.1. The van der Waals surface area contributed by atoms with Gasteiger partial charge in [-0.05, 0) is 43.7 Å². The lowest BCUT2D eigenvalue weighted by Gasteiger charge is -2.20. The maximum atomic E-state index is 12.9. The molecule has 0 amide bonds. The molecule has 5 nitrogen and oxygen atoms in total. The fraction of sp³-hybridized carbons (Fsp3) is 0.312. The minimum Gasteiger partial charge on any atom is -0.302 e. The Morgan fingerprint density at radius 2 is 1.87 bits per heavy atom. The van der Waals surface area contributed by atoms with Crippen LogP contribution < -0.4 is 10.0 Å². The summed E-state index contributed by atoms with van der Waals surface area (Å²) in [5.74, 6) is -0.367. The van der Waals surface area contributed by atoms with Crippen molar-refractivity contribution in [2.24, 2.45) is 0 Å². The molecule has 1 aromatic heterocycles. The van der Waals surface area contributed by atoms with Crippen LogP contribution in [-0.2, 0) is 10.0 Å². The molecule has 0 aliphatic rings. The van der Waals surface area contributed by atoms with Crippen LogP contribution in [0.3, 0.4) is 0 Å². The quantitative estimate of drug-likeness (QED) is 0.850. The summed E-state index contributed by atoms with van der Waals surface area (Å²) in [5, 5.41) is 3.36. The molecule has 0 aliphatic heterocycles. The number of nitrogens with one attached hydrogen (secondary N) is 2. The SMILES string of the molecule is C[C@H](N[C@H](C)c1cccc(NS(C)(=O)=O)c1)c1ccc(F)cn1. The van der Waals surface area contributed by atoms with Gasteiger partial charge < -0.3 is 5.32 Å². The lowest BCUT2D eigenvalue weighted by molar-refractivity contribution is 0.484. The molecule has 1 heterocycles. The number of anilines is 1. The smallest absolute Gasteiger partial charge is 0.229 e. The van der Waals surface area contributed by atoms with E-state index in [0.717, 1.165) is 17.5 Å². The Balaban J connectivity index is 2.09. The molecule has 0 saturated heterocycles. The van der Waals surface area contributed by atoms with Gasteiger partial charge in [-0.1, -0.05) is 12.1 Å².